The van der Waals surface area contributed by atoms with E-state index in [0.717, 1.165) is 35.6 Å². The van der Waals surface area contributed by atoms with Crippen LogP contribution in [0.15, 0.2) is 28.9 Å². The molecule has 21 heavy (non-hydrogen) atoms. The minimum Gasteiger partial charge on any atom is -0.496 e. The first kappa shape index (κ1) is 13.9. The summed E-state index contributed by atoms with van der Waals surface area (Å²) in [5.41, 5.74) is 2.52. The van der Waals surface area contributed by atoms with Crippen molar-refractivity contribution in [2.75, 3.05) is 7.11 Å². The Hall–Kier alpha value is -2.10. The van der Waals surface area contributed by atoms with E-state index < -0.39 is 0 Å². The first-order valence-electron chi connectivity index (χ1n) is 7.43. The van der Waals surface area contributed by atoms with Crippen molar-refractivity contribution < 1.29 is 9.53 Å². The van der Waals surface area contributed by atoms with Crippen molar-refractivity contribution in [2.45, 2.75) is 32.6 Å². The molecule has 0 spiro atoms. The maximum atomic E-state index is 12.0. The van der Waals surface area contributed by atoms with Gasteiger partial charge in [0.15, 0.2) is 0 Å². The van der Waals surface area contributed by atoms with Crippen LogP contribution < -0.4 is 10.1 Å². The van der Waals surface area contributed by atoms with Crippen LogP contribution in [-0.2, 0) is 4.79 Å². The Morgan fingerprint density at radius 3 is 2.76 bits per heavy atom. The van der Waals surface area contributed by atoms with Gasteiger partial charge in [-0.2, -0.15) is 0 Å². The summed E-state index contributed by atoms with van der Waals surface area (Å²) in [6.45, 7) is 1.99. The zero-order chi connectivity index (χ0) is 14.8. The molecule has 0 bridgehead atoms. The summed E-state index contributed by atoms with van der Waals surface area (Å²) in [4.78, 5) is 16.5. The van der Waals surface area contributed by atoms with Gasteiger partial charge in [-0.25, -0.2) is 4.99 Å². The summed E-state index contributed by atoms with van der Waals surface area (Å²) in [5, 5.41) is 2.92. The van der Waals surface area contributed by atoms with E-state index in [1.54, 1.807) is 7.11 Å². The van der Waals surface area contributed by atoms with Crippen LogP contribution in [0.4, 0.5) is 0 Å². The summed E-state index contributed by atoms with van der Waals surface area (Å²) in [6.07, 6.45) is 6.57. The molecule has 0 saturated heterocycles. The molecule has 1 aliphatic carbocycles. The van der Waals surface area contributed by atoms with Crippen molar-refractivity contribution in [3.8, 4) is 5.75 Å². The highest BCUT2D eigenvalue weighted by molar-refractivity contribution is 6.15. The summed E-state index contributed by atoms with van der Waals surface area (Å²) >= 11 is 0. The van der Waals surface area contributed by atoms with Crippen molar-refractivity contribution in [1.82, 2.24) is 5.32 Å². The quantitative estimate of drug-likeness (QED) is 0.867. The Morgan fingerprint density at radius 1 is 1.33 bits per heavy atom. The number of carbonyl (C=O) groups excluding carboxylic acids is 1. The third-order valence-corrected chi connectivity index (χ3v) is 4.18. The molecular weight excluding hydrogens is 264 g/mol. The Kier molecular flexibility index (Phi) is 3.78. The van der Waals surface area contributed by atoms with Gasteiger partial charge in [-0.3, -0.25) is 4.79 Å². The highest BCUT2D eigenvalue weighted by atomic mass is 16.5. The largest absolute Gasteiger partial charge is 0.496 e. The summed E-state index contributed by atoms with van der Waals surface area (Å²) in [5.74, 6) is 2.04. The highest BCUT2D eigenvalue weighted by Gasteiger charge is 2.28. The Morgan fingerprint density at radius 2 is 2.10 bits per heavy atom. The second kappa shape index (κ2) is 5.72. The maximum absolute atomic E-state index is 12.0. The molecule has 0 aromatic heterocycles. The van der Waals surface area contributed by atoms with Crippen LogP contribution in [0.25, 0.3) is 6.08 Å². The lowest BCUT2D eigenvalue weighted by Gasteiger charge is -2.06. The van der Waals surface area contributed by atoms with E-state index in [2.05, 4.69) is 10.3 Å². The number of aliphatic imine (C=N–C) groups is 1. The van der Waals surface area contributed by atoms with Gasteiger partial charge < -0.3 is 10.1 Å². The van der Waals surface area contributed by atoms with Crippen LogP contribution in [0, 0.1) is 12.8 Å². The Balaban J connectivity index is 1.85. The van der Waals surface area contributed by atoms with Gasteiger partial charge in [0.05, 0.1) is 7.11 Å². The lowest BCUT2D eigenvalue weighted by Crippen LogP contribution is -2.29. The monoisotopic (exact) mass is 284 g/mol. The zero-order valence-corrected chi connectivity index (χ0v) is 12.5. The molecule has 3 rings (SSSR count). The fourth-order valence-electron chi connectivity index (χ4n) is 3.03. The number of amides is 1. The zero-order valence-electron chi connectivity index (χ0n) is 12.5. The third-order valence-electron chi connectivity index (χ3n) is 4.18. The van der Waals surface area contributed by atoms with Crippen LogP contribution in [0.2, 0.25) is 0 Å². The van der Waals surface area contributed by atoms with Crippen molar-refractivity contribution in [3.05, 3.63) is 35.0 Å². The fourth-order valence-corrected chi connectivity index (χ4v) is 3.03. The molecule has 1 aromatic carbocycles. The lowest BCUT2D eigenvalue weighted by atomic mass is 10.1. The summed E-state index contributed by atoms with van der Waals surface area (Å²) in [6, 6.07) is 5.85. The van der Waals surface area contributed by atoms with E-state index in [1.165, 1.54) is 12.8 Å². The number of hydrogen-bond acceptors (Lipinski definition) is 3. The van der Waals surface area contributed by atoms with Crippen LogP contribution in [-0.4, -0.2) is 18.9 Å². The summed E-state index contributed by atoms with van der Waals surface area (Å²) in [7, 11) is 1.66. The molecule has 4 heteroatoms. The number of rotatable bonds is 3. The van der Waals surface area contributed by atoms with E-state index in [0.29, 0.717) is 11.6 Å². The fraction of sp³-hybridized carbons (Fsp3) is 0.412. The van der Waals surface area contributed by atoms with E-state index in [-0.39, 0.29) is 5.91 Å². The number of nitrogens with one attached hydrogen (secondary N) is 1. The molecule has 1 aliphatic heterocycles. The predicted molar refractivity (Wildman–Crippen MR) is 83.2 cm³/mol. The SMILES string of the molecule is COc1ccc(/C=C2/N=C(C3CCCC3)NC2=O)cc1C. The Bertz CT molecular complexity index is 626. The molecule has 110 valence electrons. The van der Waals surface area contributed by atoms with Crippen LogP contribution in [0.1, 0.15) is 36.8 Å². The van der Waals surface area contributed by atoms with Crippen molar-refractivity contribution in [2.24, 2.45) is 10.9 Å². The number of benzene rings is 1. The number of carbonyl (C=O) groups is 1. The van der Waals surface area contributed by atoms with Gasteiger partial charge in [-0.15, -0.1) is 0 Å². The molecule has 0 radical (unpaired) electrons. The number of amidine groups is 1. The molecule has 0 unspecified atom stereocenters. The van der Waals surface area contributed by atoms with Gasteiger partial charge in [-0.05, 0) is 49.1 Å². The molecule has 1 aromatic rings. The molecule has 1 amide bonds. The predicted octanol–water partition coefficient (Wildman–Crippen LogP) is 3.06. The van der Waals surface area contributed by atoms with Crippen molar-refractivity contribution in [1.29, 1.82) is 0 Å². The van der Waals surface area contributed by atoms with Crippen molar-refractivity contribution >= 4 is 17.8 Å². The third kappa shape index (κ3) is 2.84. The standard InChI is InChI=1S/C17H20N2O2/c1-11-9-12(7-8-15(11)21-2)10-14-17(20)19-16(18-14)13-5-3-4-6-13/h7-10,13H,3-6H2,1-2H3,(H,18,19,20)/b14-10+. The number of ether oxygens (including phenoxy) is 1. The molecule has 2 aliphatic rings. The van der Waals surface area contributed by atoms with Gasteiger partial charge in [0.25, 0.3) is 5.91 Å². The van der Waals surface area contributed by atoms with Crippen LogP contribution >= 0.6 is 0 Å². The van der Waals surface area contributed by atoms with E-state index in [9.17, 15) is 4.79 Å². The van der Waals surface area contributed by atoms with Gasteiger partial charge in [0.2, 0.25) is 0 Å². The lowest BCUT2D eigenvalue weighted by molar-refractivity contribution is -0.115. The second-order valence-corrected chi connectivity index (χ2v) is 5.69. The van der Waals surface area contributed by atoms with Gasteiger partial charge >= 0.3 is 0 Å². The smallest absolute Gasteiger partial charge is 0.275 e. The average Bonchev–Trinajstić information content (AvgIpc) is 3.10. The minimum atomic E-state index is -0.0922. The first-order valence-corrected chi connectivity index (χ1v) is 7.43. The normalized spacial score (nSPS) is 20.8. The highest BCUT2D eigenvalue weighted by Crippen LogP contribution is 2.28. The van der Waals surface area contributed by atoms with E-state index >= 15 is 0 Å². The molecule has 1 fully saturated rings. The number of hydrogen-bond donors (Lipinski definition) is 1. The molecule has 4 nitrogen and oxygen atoms in total. The Labute approximate surface area is 124 Å². The molecular formula is C17H20N2O2. The minimum absolute atomic E-state index is 0.0922. The number of methoxy groups -OCH3 is 1. The van der Waals surface area contributed by atoms with E-state index in [4.69, 9.17) is 4.74 Å². The first-order chi connectivity index (χ1) is 10.2. The molecule has 1 saturated carbocycles. The maximum Gasteiger partial charge on any atom is 0.275 e. The van der Waals surface area contributed by atoms with Crippen LogP contribution in [0.5, 0.6) is 5.75 Å². The average molecular weight is 284 g/mol. The van der Waals surface area contributed by atoms with Gasteiger partial charge in [-0.1, -0.05) is 18.9 Å². The second-order valence-electron chi connectivity index (χ2n) is 5.69. The van der Waals surface area contributed by atoms with Gasteiger partial charge in [0, 0.05) is 5.92 Å². The van der Waals surface area contributed by atoms with Crippen LogP contribution in [0.3, 0.4) is 0 Å². The summed E-state index contributed by atoms with van der Waals surface area (Å²) < 4.78 is 5.25. The molecule has 1 N–H and O–H groups in total. The molecule has 0 atom stereocenters. The van der Waals surface area contributed by atoms with Crippen molar-refractivity contribution in [3.63, 3.8) is 0 Å². The molecule has 1 heterocycles. The van der Waals surface area contributed by atoms with Gasteiger partial charge in [0.1, 0.15) is 17.3 Å². The van der Waals surface area contributed by atoms with E-state index in [1.807, 2.05) is 31.2 Å². The topological polar surface area (TPSA) is 50.7 Å². The number of nitrogens with zero attached hydrogens (tertiary/aromatic N) is 1. The number of aryl methyl sites for hydroxylation is 1.